The second-order valence-corrected chi connectivity index (χ2v) is 8.99. The van der Waals surface area contributed by atoms with Crippen LogP contribution in [0.1, 0.15) is 73.1 Å². The van der Waals surface area contributed by atoms with Crippen LogP contribution in [0.15, 0.2) is 0 Å². The lowest BCUT2D eigenvalue weighted by molar-refractivity contribution is 0.0307. The molecule has 0 amide bonds. The fraction of sp³-hybridized carbons (Fsp3) is 1.00. The highest BCUT2D eigenvalue weighted by atomic mass is 15.2. The first-order chi connectivity index (χ1) is 9.27. The molecule has 0 aromatic carbocycles. The molecular weight excluding hydrogens is 244 g/mol. The predicted molar refractivity (Wildman–Crippen MR) is 88.1 cm³/mol. The van der Waals surface area contributed by atoms with Gasteiger partial charge in [0.15, 0.2) is 0 Å². The first-order valence-electron chi connectivity index (χ1n) is 8.76. The fourth-order valence-corrected chi connectivity index (χ4v) is 4.03. The highest BCUT2D eigenvalue weighted by molar-refractivity contribution is 4.90. The highest BCUT2D eigenvalue weighted by Crippen LogP contribution is 2.36. The van der Waals surface area contributed by atoms with Gasteiger partial charge in [-0.1, -0.05) is 26.7 Å². The first-order valence-corrected chi connectivity index (χ1v) is 8.76. The van der Waals surface area contributed by atoms with Gasteiger partial charge in [-0.05, 0) is 64.3 Å². The summed E-state index contributed by atoms with van der Waals surface area (Å²) in [6.45, 7) is 15.4. The van der Waals surface area contributed by atoms with Gasteiger partial charge in [0.1, 0.15) is 0 Å². The third kappa shape index (κ3) is 4.73. The summed E-state index contributed by atoms with van der Waals surface area (Å²) in [5.41, 5.74) is 0.596. The first kappa shape index (κ1) is 16.3. The molecule has 2 heteroatoms. The van der Waals surface area contributed by atoms with Crippen LogP contribution in [0.2, 0.25) is 0 Å². The van der Waals surface area contributed by atoms with Gasteiger partial charge in [0.2, 0.25) is 0 Å². The summed E-state index contributed by atoms with van der Waals surface area (Å²) in [5.74, 6) is 1.00. The number of likely N-dealkylation sites (tertiary alicyclic amines) is 1. The van der Waals surface area contributed by atoms with Gasteiger partial charge in [0.05, 0.1) is 0 Å². The number of piperidine rings is 1. The van der Waals surface area contributed by atoms with Gasteiger partial charge in [0.25, 0.3) is 0 Å². The second-order valence-electron chi connectivity index (χ2n) is 8.99. The standard InChI is InChI=1S/C18H36N2/c1-17(2,3)19-13-18(4,5)14-20-12-8-10-15-9-6-7-11-16(15)20/h15-16,19H,6-14H2,1-5H3/t15-,16-/m1/s1. The van der Waals surface area contributed by atoms with Crippen molar-refractivity contribution in [1.29, 1.82) is 0 Å². The van der Waals surface area contributed by atoms with Crippen LogP contribution in [-0.4, -0.2) is 36.1 Å². The lowest BCUT2D eigenvalue weighted by atomic mass is 9.77. The number of nitrogens with zero attached hydrogens (tertiary/aromatic N) is 1. The minimum absolute atomic E-state index is 0.229. The van der Waals surface area contributed by atoms with E-state index < -0.39 is 0 Å². The molecule has 0 bridgehead atoms. The van der Waals surface area contributed by atoms with Crippen molar-refractivity contribution in [2.75, 3.05) is 19.6 Å². The Hall–Kier alpha value is -0.0800. The molecule has 0 aromatic heterocycles. The highest BCUT2D eigenvalue weighted by Gasteiger charge is 2.35. The third-order valence-corrected chi connectivity index (χ3v) is 5.09. The van der Waals surface area contributed by atoms with E-state index in [1.807, 2.05) is 0 Å². The summed E-state index contributed by atoms with van der Waals surface area (Å²) in [6.07, 6.45) is 8.78. The summed E-state index contributed by atoms with van der Waals surface area (Å²) in [7, 11) is 0. The Kier molecular flexibility index (Phi) is 5.18. The molecular formula is C18H36N2. The zero-order chi connectivity index (χ0) is 14.8. The minimum atomic E-state index is 0.229. The number of hydrogen-bond acceptors (Lipinski definition) is 2. The van der Waals surface area contributed by atoms with E-state index in [9.17, 15) is 0 Å². The Morgan fingerprint density at radius 2 is 1.60 bits per heavy atom. The Morgan fingerprint density at radius 1 is 0.950 bits per heavy atom. The Bertz CT molecular complexity index is 301. The molecule has 0 aromatic rings. The van der Waals surface area contributed by atoms with Crippen molar-refractivity contribution in [1.82, 2.24) is 10.2 Å². The van der Waals surface area contributed by atoms with Crippen molar-refractivity contribution in [3.63, 3.8) is 0 Å². The molecule has 0 radical (unpaired) electrons. The number of fused-ring (bicyclic) bond motifs is 1. The Balaban J connectivity index is 1.89. The van der Waals surface area contributed by atoms with Crippen molar-refractivity contribution in [3.8, 4) is 0 Å². The summed E-state index contributed by atoms with van der Waals surface area (Å²) in [6, 6.07) is 0.895. The molecule has 118 valence electrons. The SMILES string of the molecule is CC(C)(CNC(C)(C)C)CN1CCC[C@H]2CCCC[C@H]21. The minimum Gasteiger partial charge on any atom is -0.311 e. The van der Waals surface area contributed by atoms with Gasteiger partial charge in [-0.3, -0.25) is 4.90 Å². The summed E-state index contributed by atoms with van der Waals surface area (Å²) >= 11 is 0. The molecule has 1 aliphatic heterocycles. The monoisotopic (exact) mass is 280 g/mol. The maximum Gasteiger partial charge on any atom is 0.0124 e. The van der Waals surface area contributed by atoms with Crippen LogP contribution in [0.25, 0.3) is 0 Å². The van der Waals surface area contributed by atoms with Crippen molar-refractivity contribution < 1.29 is 0 Å². The normalized spacial score (nSPS) is 29.2. The molecule has 2 rings (SSSR count). The van der Waals surface area contributed by atoms with Crippen LogP contribution in [0.5, 0.6) is 0 Å². The molecule has 1 heterocycles. The molecule has 1 aliphatic carbocycles. The molecule has 2 fully saturated rings. The summed E-state index contributed by atoms with van der Waals surface area (Å²) in [5, 5.41) is 3.70. The lowest BCUT2D eigenvalue weighted by Crippen LogP contribution is -2.52. The molecule has 1 N–H and O–H groups in total. The average molecular weight is 280 g/mol. The van der Waals surface area contributed by atoms with E-state index in [-0.39, 0.29) is 5.54 Å². The Morgan fingerprint density at radius 3 is 2.30 bits per heavy atom. The van der Waals surface area contributed by atoms with Crippen LogP contribution in [0.4, 0.5) is 0 Å². The third-order valence-electron chi connectivity index (χ3n) is 5.09. The van der Waals surface area contributed by atoms with Crippen LogP contribution >= 0.6 is 0 Å². The van der Waals surface area contributed by atoms with Crippen molar-refractivity contribution in [2.24, 2.45) is 11.3 Å². The fourth-order valence-electron chi connectivity index (χ4n) is 4.03. The summed E-state index contributed by atoms with van der Waals surface area (Å²) < 4.78 is 0. The van der Waals surface area contributed by atoms with Crippen LogP contribution in [0, 0.1) is 11.3 Å². The van der Waals surface area contributed by atoms with Crippen LogP contribution in [-0.2, 0) is 0 Å². The van der Waals surface area contributed by atoms with Gasteiger partial charge >= 0.3 is 0 Å². The van der Waals surface area contributed by atoms with Crippen LogP contribution in [0.3, 0.4) is 0 Å². The van der Waals surface area contributed by atoms with E-state index in [2.05, 4.69) is 44.8 Å². The molecule has 1 saturated carbocycles. The van der Waals surface area contributed by atoms with Gasteiger partial charge in [-0.25, -0.2) is 0 Å². The average Bonchev–Trinajstić information content (AvgIpc) is 2.36. The second kappa shape index (κ2) is 6.36. The molecule has 20 heavy (non-hydrogen) atoms. The van der Waals surface area contributed by atoms with E-state index >= 15 is 0 Å². The van der Waals surface area contributed by atoms with E-state index in [0.29, 0.717) is 5.41 Å². The van der Waals surface area contributed by atoms with E-state index in [1.165, 1.54) is 51.6 Å². The lowest BCUT2D eigenvalue weighted by Gasteiger charge is -2.47. The molecule has 2 nitrogen and oxygen atoms in total. The molecule has 0 unspecified atom stereocenters. The Labute approximate surface area is 126 Å². The van der Waals surface area contributed by atoms with Crippen molar-refractivity contribution in [2.45, 2.75) is 84.7 Å². The van der Waals surface area contributed by atoms with E-state index in [0.717, 1.165) is 18.5 Å². The molecule has 1 saturated heterocycles. The van der Waals surface area contributed by atoms with E-state index in [4.69, 9.17) is 0 Å². The van der Waals surface area contributed by atoms with Crippen LogP contribution < -0.4 is 5.32 Å². The quantitative estimate of drug-likeness (QED) is 0.835. The van der Waals surface area contributed by atoms with Gasteiger partial charge < -0.3 is 5.32 Å². The van der Waals surface area contributed by atoms with Gasteiger partial charge in [-0.2, -0.15) is 0 Å². The van der Waals surface area contributed by atoms with Gasteiger partial charge in [0, 0.05) is 24.7 Å². The molecule has 2 atom stereocenters. The number of rotatable bonds is 4. The van der Waals surface area contributed by atoms with Gasteiger partial charge in [-0.15, -0.1) is 0 Å². The zero-order valence-electron chi connectivity index (χ0n) is 14.5. The smallest absolute Gasteiger partial charge is 0.0124 e. The van der Waals surface area contributed by atoms with Crippen molar-refractivity contribution >= 4 is 0 Å². The van der Waals surface area contributed by atoms with Crippen molar-refractivity contribution in [3.05, 3.63) is 0 Å². The number of hydrogen-bond donors (Lipinski definition) is 1. The summed E-state index contributed by atoms with van der Waals surface area (Å²) in [4.78, 5) is 2.83. The maximum absolute atomic E-state index is 3.70. The topological polar surface area (TPSA) is 15.3 Å². The number of nitrogens with one attached hydrogen (secondary N) is 1. The molecule has 2 aliphatic rings. The predicted octanol–water partition coefficient (Wildman–Crippen LogP) is 4.06. The zero-order valence-corrected chi connectivity index (χ0v) is 14.5. The maximum atomic E-state index is 3.70. The largest absolute Gasteiger partial charge is 0.311 e. The van der Waals surface area contributed by atoms with E-state index in [1.54, 1.807) is 0 Å². The molecule has 0 spiro atoms.